The van der Waals surface area contributed by atoms with Crippen molar-refractivity contribution in [3.63, 3.8) is 0 Å². The summed E-state index contributed by atoms with van der Waals surface area (Å²) in [5.41, 5.74) is 4.34. The summed E-state index contributed by atoms with van der Waals surface area (Å²) in [4.78, 5) is 8.68. The van der Waals surface area contributed by atoms with Gasteiger partial charge in [-0.1, -0.05) is 31.8 Å². The van der Waals surface area contributed by atoms with Gasteiger partial charge in [0.15, 0.2) is 0 Å². The molecule has 154 valence electrons. The van der Waals surface area contributed by atoms with Crippen molar-refractivity contribution in [2.24, 2.45) is 0 Å². The highest BCUT2D eigenvalue weighted by atomic mass is 28.3. The lowest BCUT2D eigenvalue weighted by Gasteiger charge is -2.15. The third kappa shape index (κ3) is 4.63. The summed E-state index contributed by atoms with van der Waals surface area (Å²) in [6.07, 6.45) is 4.79. The van der Waals surface area contributed by atoms with Crippen LogP contribution in [0, 0.1) is 5.82 Å². The molecule has 0 spiro atoms. The van der Waals surface area contributed by atoms with Crippen LogP contribution in [0.5, 0.6) is 0 Å². The first-order valence-corrected chi connectivity index (χ1v) is 13.7. The van der Waals surface area contributed by atoms with Crippen molar-refractivity contribution >= 4 is 19.0 Å². The second-order valence-corrected chi connectivity index (χ2v) is 14.1. The Morgan fingerprint density at radius 1 is 1.03 bits per heavy atom. The van der Waals surface area contributed by atoms with E-state index in [4.69, 9.17) is 4.74 Å². The molecule has 0 atom stereocenters. The Balaban J connectivity index is 1.59. The fourth-order valence-corrected chi connectivity index (χ4v) is 4.00. The van der Waals surface area contributed by atoms with E-state index in [0.717, 1.165) is 40.4 Å². The summed E-state index contributed by atoms with van der Waals surface area (Å²) >= 11 is 0. The number of pyridine rings is 2. The van der Waals surface area contributed by atoms with E-state index >= 15 is 0 Å². The van der Waals surface area contributed by atoms with E-state index in [-0.39, 0.29) is 5.82 Å². The number of rotatable bonds is 7. The molecular weight excluding hydrogens is 395 g/mol. The van der Waals surface area contributed by atoms with Crippen molar-refractivity contribution in [3.05, 3.63) is 66.9 Å². The molecule has 0 aliphatic heterocycles. The summed E-state index contributed by atoms with van der Waals surface area (Å²) in [6.45, 7) is 8.24. The van der Waals surface area contributed by atoms with Gasteiger partial charge in [0, 0.05) is 31.8 Å². The van der Waals surface area contributed by atoms with Crippen molar-refractivity contribution in [1.29, 1.82) is 0 Å². The molecule has 0 amide bonds. The highest BCUT2D eigenvalue weighted by Gasteiger charge is 2.14. The maximum absolute atomic E-state index is 13.3. The number of hydrogen-bond donors (Lipinski definition) is 0. The Bertz CT molecular complexity index is 1150. The van der Waals surface area contributed by atoms with Crippen LogP contribution in [0.15, 0.2) is 61.1 Å². The topological polar surface area (TPSA) is 52.8 Å². The predicted molar refractivity (Wildman–Crippen MR) is 120 cm³/mol. The van der Waals surface area contributed by atoms with Crippen LogP contribution in [0.4, 0.5) is 4.39 Å². The Morgan fingerprint density at radius 2 is 1.90 bits per heavy atom. The van der Waals surface area contributed by atoms with E-state index in [9.17, 15) is 4.39 Å². The summed E-state index contributed by atoms with van der Waals surface area (Å²) < 4.78 is 21.0. The second-order valence-electron chi connectivity index (χ2n) is 8.53. The van der Waals surface area contributed by atoms with Gasteiger partial charge in [-0.15, -0.1) is 0 Å². The van der Waals surface area contributed by atoms with Crippen LogP contribution in [0.1, 0.15) is 0 Å². The van der Waals surface area contributed by atoms with Crippen LogP contribution in [0.3, 0.4) is 0 Å². The standard InChI is InChI=1S/C23H25FN4OSi/c1-30(2,3)12-11-29-16-28-22-9-6-17(13-18(22)14-27-28)20-5-4-10-25-23(20)21-8-7-19(24)15-26-21/h4-10,13-15H,11-12,16H2,1-3H3. The van der Waals surface area contributed by atoms with Crippen molar-refractivity contribution in [2.45, 2.75) is 32.4 Å². The van der Waals surface area contributed by atoms with Gasteiger partial charge in [-0.05, 0) is 41.9 Å². The maximum Gasteiger partial charge on any atom is 0.141 e. The Kier molecular flexibility index (Phi) is 5.74. The van der Waals surface area contributed by atoms with Crippen LogP contribution in [0.2, 0.25) is 25.7 Å². The van der Waals surface area contributed by atoms with Gasteiger partial charge in [0.2, 0.25) is 0 Å². The minimum atomic E-state index is -1.10. The molecule has 0 saturated carbocycles. The van der Waals surface area contributed by atoms with Gasteiger partial charge in [-0.2, -0.15) is 5.10 Å². The fourth-order valence-electron chi connectivity index (χ4n) is 3.25. The van der Waals surface area contributed by atoms with E-state index in [2.05, 4.69) is 46.8 Å². The zero-order valence-corrected chi connectivity index (χ0v) is 18.5. The molecule has 3 aromatic heterocycles. The molecule has 0 bridgehead atoms. The third-order valence-electron chi connectivity index (χ3n) is 4.94. The average molecular weight is 421 g/mol. The number of halogens is 1. The summed E-state index contributed by atoms with van der Waals surface area (Å²) in [5.74, 6) is -0.364. The monoisotopic (exact) mass is 420 g/mol. The number of benzene rings is 1. The zero-order chi connectivity index (χ0) is 21.1. The van der Waals surface area contributed by atoms with Gasteiger partial charge in [0.05, 0.1) is 29.3 Å². The fraction of sp³-hybridized carbons (Fsp3) is 0.261. The van der Waals surface area contributed by atoms with Crippen LogP contribution < -0.4 is 0 Å². The van der Waals surface area contributed by atoms with Crippen molar-refractivity contribution in [1.82, 2.24) is 19.7 Å². The number of fused-ring (bicyclic) bond motifs is 1. The maximum atomic E-state index is 13.3. The SMILES string of the molecule is C[Si](C)(C)CCOCn1ncc2cc(-c3cccnc3-c3ccc(F)cn3)ccc21. The largest absolute Gasteiger partial charge is 0.360 e. The van der Waals surface area contributed by atoms with Crippen molar-refractivity contribution in [2.75, 3.05) is 6.61 Å². The van der Waals surface area contributed by atoms with Gasteiger partial charge in [-0.25, -0.2) is 9.07 Å². The van der Waals surface area contributed by atoms with E-state index in [1.54, 1.807) is 12.3 Å². The lowest BCUT2D eigenvalue weighted by molar-refractivity contribution is 0.0817. The molecule has 0 N–H and O–H groups in total. The molecule has 0 aliphatic rings. The summed E-state index contributed by atoms with van der Waals surface area (Å²) in [6, 6.07) is 14.3. The van der Waals surface area contributed by atoms with Crippen molar-refractivity contribution in [3.8, 4) is 22.5 Å². The number of ether oxygens (including phenoxy) is 1. The number of hydrogen-bond acceptors (Lipinski definition) is 4. The van der Waals surface area contributed by atoms with Gasteiger partial charge in [0.1, 0.15) is 12.5 Å². The van der Waals surface area contributed by atoms with E-state index in [1.165, 1.54) is 12.3 Å². The summed E-state index contributed by atoms with van der Waals surface area (Å²) in [5, 5.41) is 5.52. The van der Waals surface area contributed by atoms with Crippen LogP contribution in [0.25, 0.3) is 33.4 Å². The third-order valence-corrected chi connectivity index (χ3v) is 6.64. The normalized spacial score (nSPS) is 11.9. The first kappa shape index (κ1) is 20.4. The van der Waals surface area contributed by atoms with E-state index in [1.807, 2.05) is 29.1 Å². The number of aromatic nitrogens is 4. The molecule has 4 rings (SSSR count). The Labute approximate surface area is 176 Å². The molecule has 0 fully saturated rings. The van der Waals surface area contributed by atoms with Crippen LogP contribution in [-0.2, 0) is 11.5 Å². The molecule has 0 aliphatic carbocycles. The Hall–Kier alpha value is -2.90. The first-order chi connectivity index (χ1) is 14.4. The number of nitrogens with zero attached hydrogens (tertiary/aromatic N) is 4. The van der Waals surface area contributed by atoms with Crippen LogP contribution >= 0.6 is 0 Å². The lowest BCUT2D eigenvalue weighted by Crippen LogP contribution is -2.22. The molecule has 0 saturated heterocycles. The summed E-state index contributed by atoms with van der Waals surface area (Å²) in [7, 11) is -1.10. The highest BCUT2D eigenvalue weighted by molar-refractivity contribution is 6.76. The van der Waals surface area contributed by atoms with Crippen LogP contribution in [-0.4, -0.2) is 34.4 Å². The molecule has 7 heteroatoms. The van der Waals surface area contributed by atoms with Gasteiger partial charge in [-0.3, -0.25) is 9.97 Å². The molecule has 4 aromatic rings. The van der Waals surface area contributed by atoms with E-state index < -0.39 is 8.07 Å². The van der Waals surface area contributed by atoms with Gasteiger partial charge in [0.25, 0.3) is 0 Å². The highest BCUT2D eigenvalue weighted by Crippen LogP contribution is 2.31. The average Bonchev–Trinajstić information content (AvgIpc) is 3.13. The molecule has 5 nitrogen and oxygen atoms in total. The zero-order valence-electron chi connectivity index (χ0n) is 17.5. The molecule has 1 aromatic carbocycles. The minimum absolute atomic E-state index is 0.364. The molecular formula is C23H25FN4OSi. The molecule has 0 unspecified atom stereocenters. The van der Waals surface area contributed by atoms with Gasteiger partial charge >= 0.3 is 0 Å². The Morgan fingerprint density at radius 3 is 2.67 bits per heavy atom. The van der Waals surface area contributed by atoms with Gasteiger partial charge < -0.3 is 4.74 Å². The first-order valence-electron chi connectivity index (χ1n) is 10.0. The lowest BCUT2D eigenvalue weighted by atomic mass is 10.0. The van der Waals surface area contributed by atoms with E-state index in [0.29, 0.717) is 12.4 Å². The smallest absolute Gasteiger partial charge is 0.141 e. The van der Waals surface area contributed by atoms with Crippen molar-refractivity contribution < 1.29 is 9.13 Å². The molecule has 3 heterocycles. The molecule has 30 heavy (non-hydrogen) atoms. The predicted octanol–water partition coefficient (Wildman–Crippen LogP) is 5.61. The minimum Gasteiger partial charge on any atom is -0.360 e. The molecule has 0 radical (unpaired) electrons. The second kappa shape index (κ2) is 8.45. The quantitative estimate of drug-likeness (QED) is 0.288.